The predicted octanol–water partition coefficient (Wildman–Crippen LogP) is 1.18. The van der Waals surface area contributed by atoms with E-state index in [-0.39, 0.29) is 0 Å². The van der Waals surface area contributed by atoms with Gasteiger partial charge in [-0.3, -0.25) is 9.58 Å². The van der Waals surface area contributed by atoms with Gasteiger partial charge in [0.15, 0.2) is 0 Å². The molecule has 0 aromatic carbocycles. The summed E-state index contributed by atoms with van der Waals surface area (Å²) < 4.78 is 1.90. The molecule has 0 radical (unpaired) electrons. The lowest BCUT2D eigenvalue weighted by molar-refractivity contribution is 0.242. The Morgan fingerprint density at radius 2 is 2.33 bits per heavy atom. The molecule has 3 rings (SSSR count). The first-order chi connectivity index (χ1) is 8.81. The molecular weight excluding hydrogens is 224 g/mol. The molecule has 2 fully saturated rings. The number of aromatic nitrogens is 2. The lowest BCUT2D eigenvalue weighted by Gasteiger charge is -2.25. The average molecular weight is 248 g/mol. The molecule has 0 bridgehead atoms. The van der Waals surface area contributed by atoms with Crippen molar-refractivity contribution in [2.24, 2.45) is 7.05 Å². The highest BCUT2D eigenvalue weighted by molar-refractivity contribution is 5.04. The van der Waals surface area contributed by atoms with Crippen molar-refractivity contribution in [3.05, 3.63) is 18.0 Å². The van der Waals surface area contributed by atoms with Gasteiger partial charge in [-0.2, -0.15) is 5.10 Å². The van der Waals surface area contributed by atoms with Crippen LogP contribution in [0.4, 0.5) is 0 Å². The van der Waals surface area contributed by atoms with E-state index in [1.807, 2.05) is 17.9 Å². The van der Waals surface area contributed by atoms with Gasteiger partial charge in [-0.25, -0.2) is 0 Å². The van der Waals surface area contributed by atoms with Gasteiger partial charge < -0.3 is 5.32 Å². The second-order valence-corrected chi connectivity index (χ2v) is 5.79. The number of hydrogen-bond acceptors (Lipinski definition) is 3. The van der Waals surface area contributed by atoms with Crippen molar-refractivity contribution in [2.45, 2.75) is 44.2 Å². The van der Waals surface area contributed by atoms with Crippen LogP contribution in [0.15, 0.2) is 12.4 Å². The molecule has 100 valence electrons. The molecule has 2 aliphatic rings. The maximum atomic E-state index is 4.24. The van der Waals surface area contributed by atoms with Crippen LogP contribution in [0.25, 0.3) is 0 Å². The zero-order valence-electron chi connectivity index (χ0n) is 11.3. The van der Waals surface area contributed by atoms with Gasteiger partial charge >= 0.3 is 0 Å². The molecule has 0 spiro atoms. The van der Waals surface area contributed by atoms with Crippen LogP contribution < -0.4 is 5.32 Å². The SMILES string of the molecule is Cn1cc(CCN(CC2CCCN2)C2CC2)cn1. The molecule has 2 heterocycles. The van der Waals surface area contributed by atoms with E-state index in [9.17, 15) is 0 Å². The van der Waals surface area contributed by atoms with Crippen LogP contribution in [0.2, 0.25) is 0 Å². The van der Waals surface area contributed by atoms with E-state index < -0.39 is 0 Å². The highest BCUT2D eigenvalue weighted by atomic mass is 15.2. The summed E-state index contributed by atoms with van der Waals surface area (Å²) in [5.74, 6) is 0. The van der Waals surface area contributed by atoms with Crippen LogP contribution >= 0.6 is 0 Å². The first-order valence-electron chi connectivity index (χ1n) is 7.26. The van der Waals surface area contributed by atoms with E-state index in [1.54, 1.807) is 0 Å². The molecule has 1 atom stereocenters. The Labute approximate surface area is 109 Å². The molecule has 1 unspecified atom stereocenters. The Morgan fingerprint density at radius 1 is 1.44 bits per heavy atom. The minimum atomic E-state index is 0.736. The topological polar surface area (TPSA) is 33.1 Å². The normalized spacial score (nSPS) is 24.0. The van der Waals surface area contributed by atoms with E-state index in [4.69, 9.17) is 0 Å². The van der Waals surface area contributed by atoms with Gasteiger partial charge in [0.2, 0.25) is 0 Å². The van der Waals surface area contributed by atoms with Crippen LogP contribution in [-0.2, 0) is 13.5 Å². The quantitative estimate of drug-likeness (QED) is 0.820. The molecule has 1 aromatic heterocycles. The fourth-order valence-electron chi connectivity index (χ4n) is 2.93. The second kappa shape index (κ2) is 5.41. The van der Waals surface area contributed by atoms with E-state index in [0.29, 0.717) is 0 Å². The molecule has 0 amide bonds. The molecule has 1 N–H and O–H groups in total. The van der Waals surface area contributed by atoms with E-state index >= 15 is 0 Å². The summed E-state index contributed by atoms with van der Waals surface area (Å²) in [6, 6.07) is 1.60. The molecule has 1 aliphatic heterocycles. The van der Waals surface area contributed by atoms with Gasteiger partial charge in [-0.1, -0.05) is 0 Å². The first kappa shape index (κ1) is 12.2. The van der Waals surface area contributed by atoms with Crippen LogP contribution in [-0.4, -0.2) is 46.4 Å². The number of rotatable bonds is 6. The summed E-state index contributed by atoms with van der Waals surface area (Å²) in [5.41, 5.74) is 1.36. The molecule has 4 heteroatoms. The Morgan fingerprint density at radius 3 is 2.94 bits per heavy atom. The minimum Gasteiger partial charge on any atom is -0.313 e. The maximum absolute atomic E-state index is 4.24. The molecule has 1 aromatic rings. The molecule has 4 nitrogen and oxygen atoms in total. The highest BCUT2D eigenvalue weighted by Crippen LogP contribution is 2.27. The van der Waals surface area contributed by atoms with Gasteiger partial charge in [0.25, 0.3) is 0 Å². The fourth-order valence-corrected chi connectivity index (χ4v) is 2.93. The van der Waals surface area contributed by atoms with Crippen LogP contribution in [0.5, 0.6) is 0 Å². The second-order valence-electron chi connectivity index (χ2n) is 5.79. The predicted molar refractivity (Wildman–Crippen MR) is 72.5 cm³/mol. The first-order valence-corrected chi connectivity index (χ1v) is 7.26. The molecule has 18 heavy (non-hydrogen) atoms. The lowest BCUT2D eigenvalue weighted by Crippen LogP contribution is -2.39. The summed E-state index contributed by atoms with van der Waals surface area (Å²) in [4.78, 5) is 2.69. The van der Waals surface area contributed by atoms with Crippen molar-refractivity contribution in [3.63, 3.8) is 0 Å². The van der Waals surface area contributed by atoms with Crippen molar-refractivity contribution >= 4 is 0 Å². The minimum absolute atomic E-state index is 0.736. The van der Waals surface area contributed by atoms with Crippen LogP contribution in [0.3, 0.4) is 0 Å². The third-order valence-corrected chi connectivity index (χ3v) is 4.13. The highest BCUT2D eigenvalue weighted by Gasteiger charge is 2.30. The number of aryl methyl sites for hydroxylation is 1. The van der Waals surface area contributed by atoms with Crippen molar-refractivity contribution < 1.29 is 0 Å². The van der Waals surface area contributed by atoms with Crippen LogP contribution in [0.1, 0.15) is 31.2 Å². The Balaban J connectivity index is 1.50. The van der Waals surface area contributed by atoms with E-state index in [0.717, 1.165) is 18.5 Å². The van der Waals surface area contributed by atoms with Gasteiger partial charge in [0.1, 0.15) is 0 Å². The summed E-state index contributed by atoms with van der Waals surface area (Å²) in [6.45, 7) is 3.64. The summed E-state index contributed by atoms with van der Waals surface area (Å²) in [6.07, 6.45) is 10.8. The number of nitrogens with one attached hydrogen (secondary N) is 1. The van der Waals surface area contributed by atoms with E-state index in [1.165, 1.54) is 50.9 Å². The Bertz CT molecular complexity index is 377. The largest absolute Gasteiger partial charge is 0.313 e. The Kier molecular flexibility index (Phi) is 3.66. The maximum Gasteiger partial charge on any atom is 0.0522 e. The molecular formula is C14H24N4. The Hall–Kier alpha value is -0.870. The molecule has 1 saturated heterocycles. The monoisotopic (exact) mass is 248 g/mol. The van der Waals surface area contributed by atoms with Gasteiger partial charge in [0.05, 0.1) is 6.20 Å². The zero-order valence-corrected chi connectivity index (χ0v) is 11.3. The smallest absolute Gasteiger partial charge is 0.0522 e. The zero-order chi connectivity index (χ0) is 12.4. The molecule has 1 aliphatic carbocycles. The average Bonchev–Trinajstić information content (AvgIpc) is 2.92. The lowest BCUT2D eigenvalue weighted by atomic mass is 10.2. The van der Waals surface area contributed by atoms with Crippen molar-refractivity contribution in [2.75, 3.05) is 19.6 Å². The van der Waals surface area contributed by atoms with Crippen molar-refractivity contribution in [1.29, 1.82) is 0 Å². The summed E-state index contributed by atoms with van der Waals surface area (Å²) in [5, 5.41) is 7.86. The van der Waals surface area contributed by atoms with Crippen LogP contribution in [0, 0.1) is 0 Å². The van der Waals surface area contributed by atoms with Gasteiger partial charge in [-0.15, -0.1) is 0 Å². The fraction of sp³-hybridized carbons (Fsp3) is 0.786. The summed E-state index contributed by atoms with van der Waals surface area (Å²) in [7, 11) is 1.99. The molecule has 1 saturated carbocycles. The number of hydrogen-bond donors (Lipinski definition) is 1. The van der Waals surface area contributed by atoms with Gasteiger partial charge in [-0.05, 0) is 44.2 Å². The summed E-state index contributed by atoms with van der Waals surface area (Å²) >= 11 is 0. The van der Waals surface area contributed by atoms with Crippen molar-refractivity contribution in [1.82, 2.24) is 20.0 Å². The third kappa shape index (κ3) is 3.12. The van der Waals surface area contributed by atoms with E-state index in [2.05, 4.69) is 21.5 Å². The van der Waals surface area contributed by atoms with Crippen molar-refractivity contribution in [3.8, 4) is 0 Å². The standard InChI is InChI=1S/C14H24N4/c1-17-10-12(9-16-17)6-8-18(14-4-5-14)11-13-3-2-7-15-13/h9-10,13-15H,2-8,11H2,1H3. The van der Waals surface area contributed by atoms with Gasteiger partial charge in [0, 0.05) is 38.4 Å². The third-order valence-electron chi connectivity index (χ3n) is 4.13. The number of nitrogens with zero attached hydrogens (tertiary/aromatic N) is 3.